The molecule has 1 aliphatic rings. The first-order valence-corrected chi connectivity index (χ1v) is 9.05. The average Bonchev–Trinajstić information content (AvgIpc) is 2.70. The van der Waals surface area contributed by atoms with Gasteiger partial charge in [-0.25, -0.2) is 17.9 Å². The summed E-state index contributed by atoms with van der Waals surface area (Å²) in [6.07, 6.45) is 1.80. The van der Waals surface area contributed by atoms with Crippen molar-refractivity contribution in [1.29, 1.82) is 0 Å². The van der Waals surface area contributed by atoms with Crippen molar-refractivity contribution < 1.29 is 18.3 Å². The summed E-state index contributed by atoms with van der Waals surface area (Å²) in [6, 6.07) is 3.93. The predicted octanol–water partition coefficient (Wildman–Crippen LogP) is 2.86. The SMILES string of the molecule is CC1CCC(NS(=O)(=O)c2ccc(Br)c(C(=O)O)c2)C1C. The first-order valence-electron chi connectivity index (χ1n) is 6.77. The van der Waals surface area contributed by atoms with E-state index < -0.39 is 16.0 Å². The number of rotatable bonds is 4. The summed E-state index contributed by atoms with van der Waals surface area (Å²) < 4.78 is 27.9. The molecule has 0 radical (unpaired) electrons. The Morgan fingerprint density at radius 2 is 2.00 bits per heavy atom. The van der Waals surface area contributed by atoms with E-state index in [2.05, 4.69) is 27.6 Å². The molecule has 5 nitrogen and oxygen atoms in total. The Morgan fingerprint density at radius 3 is 2.52 bits per heavy atom. The number of carboxylic acids is 1. The first kappa shape index (κ1) is 16.5. The van der Waals surface area contributed by atoms with E-state index >= 15 is 0 Å². The van der Waals surface area contributed by atoms with Gasteiger partial charge in [-0.1, -0.05) is 13.8 Å². The van der Waals surface area contributed by atoms with E-state index in [9.17, 15) is 13.2 Å². The van der Waals surface area contributed by atoms with E-state index in [4.69, 9.17) is 5.11 Å². The summed E-state index contributed by atoms with van der Waals surface area (Å²) in [5, 5.41) is 9.07. The van der Waals surface area contributed by atoms with Gasteiger partial charge in [-0.05, 0) is 58.8 Å². The summed E-state index contributed by atoms with van der Waals surface area (Å²) in [6.45, 7) is 4.15. The molecule has 0 bridgehead atoms. The number of hydrogen-bond acceptors (Lipinski definition) is 3. The summed E-state index contributed by atoms with van der Waals surface area (Å²) in [4.78, 5) is 11.1. The van der Waals surface area contributed by atoms with Crippen LogP contribution in [-0.4, -0.2) is 25.5 Å². The largest absolute Gasteiger partial charge is 0.478 e. The highest BCUT2D eigenvalue weighted by atomic mass is 79.9. The standard InChI is InChI=1S/C14H18BrNO4S/c1-8-3-6-13(9(8)2)16-21(19,20)10-4-5-12(15)11(7-10)14(17)18/h4-5,7-9,13,16H,3,6H2,1-2H3,(H,17,18). The van der Waals surface area contributed by atoms with Crippen LogP contribution >= 0.6 is 15.9 Å². The second-order valence-corrected chi connectivity index (χ2v) is 8.16. The molecule has 3 unspecified atom stereocenters. The van der Waals surface area contributed by atoms with Crippen LogP contribution in [-0.2, 0) is 10.0 Å². The lowest BCUT2D eigenvalue weighted by molar-refractivity contribution is 0.0695. The van der Waals surface area contributed by atoms with Crippen molar-refractivity contribution in [2.75, 3.05) is 0 Å². The van der Waals surface area contributed by atoms with E-state index in [1.807, 2.05) is 6.92 Å². The van der Waals surface area contributed by atoms with Gasteiger partial charge in [-0.3, -0.25) is 0 Å². The molecule has 1 saturated carbocycles. The Labute approximate surface area is 132 Å². The van der Waals surface area contributed by atoms with E-state index in [-0.39, 0.29) is 22.4 Å². The number of benzene rings is 1. The van der Waals surface area contributed by atoms with Crippen LogP contribution in [0.25, 0.3) is 0 Å². The monoisotopic (exact) mass is 375 g/mol. The van der Waals surface area contributed by atoms with Crippen molar-refractivity contribution in [2.45, 2.75) is 37.6 Å². The zero-order valence-electron chi connectivity index (χ0n) is 11.8. The zero-order valence-corrected chi connectivity index (χ0v) is 14.2. The van der Waals surface area contributed by atoms with Gasteiger partial charge in [-0.2, -0.15) is 0 Å². The highest BCUT2D eigenvalue weighted by molar-refractivity contribution is 9.10. The minimum absolute atomic E-state index is 0.0187. The number of hydrogen-bond donors (Lipinski definition) is 2. The number of sulfonamides is 1. The van der Waals surface area contributed by atoms with Crippen molar-refractivity contribution in [3.05, 3.63) is 28.2 Å². The van der Waals surface area contributed by atoms with Crippen LogP contribution in [0.1, 0.15) is 37.0 Å². The number of carboxylic acid groups (broad SMARTS) is 1. The number of halogens is 1. The topological polar surface area (TPSA) is 83.5 Å². The van der Waals surface area contributed by atoms with Crippen molar-refractivity contribution in [2.24, 2.45) is 11.8 Å². The average molecular weight is 376 g/mol. The fourth-order valence-corrected chi connectivity index (χ4v) is 4.44. The van der Waals surface area contributed by atoms with Gasteiger partial charge in [0.1, 0.15) is 0 Å². The maximum Gasteiger partial charge on any atom is 0.336 e. The number of aromatic carboxylic acids is 1. The molecule has 1 aromatic carbocycles. The predicted molar refractivity (Wildman–Crippen MR) is 82.8 cm³/mol. The van der Waals surface area contributed by atoms with Gasteiger partial charge >= 0.3 is 5.97 Å². The van der Waals surface area contributed by atoms with E-state index in [0.717, 1.165) is 12.8 Å². The Hall–Kier alpha value is -0.920. The Kier molecular flexibility index (Phi) is 4.75. The molecule has 2 N–H and O–H groups in total. The van der Waals surface area contributed by atoms with E-state index in [0.29, 0.717) is 10.4 Å². The maximum absolute atomic E-state index is 12.4. The molecule has 21 heavy (non-hydrogen) atoms. The summed E-state index contributed by atoms with van der Waals surface area (Å²) in [5.74, 6) is -0.409. The van der Waals surface area contributed by atoms with Gasteiger partial charge in [0.05, 0.1) is 10.5 Å². The zero-order chi connectivity index (χ0) is 15.8. The second kappa shape index (κ2) is 6.06. The van der Waals surface area contributed by atoms with Crippen molar-refractivity contribution in [3.8, 4) is 0 Å². The van der Waals surface area contributed by atoms with Gasteiger partial charge < -0.3 is 5.11 Å². The lowest BCUT2D eigenvalue weighted by atomic mass is 9.98. The normalized spacial score (nSPS) is 26.0. The third kappa shape index (κ3) is 3.46. The molecule has 7 heteroatoms. The molecular formula is C14H18BrNO4S. The minimum atomic E-state index is -3.71. The second-order valence-electron chi connectivity index (χ2n) is 5.59. The van der Waals surface area contributed by atoms with Crippen molar-refractivity contribution in [3.63, 3.8) is 0 Å². The molecule has 0 heterocycles. The van der Waals surface area contributed by atoms with Crippen LogP contribution in [0.4, 0.5) is 0 Å². The van der Waals surface area contributed by atoms with Crippen LogP contribution in [0.3, 0.4) is 0 Å². The molecule has 0 aromatic heterocycles. The Balaban J connectivity index is 2.28. The van der Waals surface area contributed by atoms with Crippen LogP contribution in [0.5, 0.6) is 0 Å². The van der Waals surface area contributed by atoms with Crippen molar-refractivity contribution in [1.82, 2.24) is 4.72 Å². The van der Waals surface area contributed by atoms with Gasteiger partial charge in [-0.15, -0.1) is 0 Å². The van der Waals surface area contributed by atoms with Crippen LogP contribution in [0, 0.1) is 11.8 Å². The molecule has 116 valence electrons. The number of nitrogens with one attached hydrogen (secondary N) is 1. The van der Waals surface area contributed by atoms with Gasteiger partial charge in [0, 0.05) is 10.5 Å². The molecule has 3 atom stereocenters. The fraction of sp³-hybridized carbons (Fsp3) is 0.500. The van der Waals surface area contributed by atoms with Crippen LogP contribution in [0.15, 0.2) is 27.6 Å². The highest BCUT2D eigenvalue weighted by Gasteiger charge is 2.33. The first-order chi connectivity index (χ1) is 9.72. The summed E-state index contributed by atoms with van der Waals surface area (Å²) >= 11 is 3.11. The van der Waals surface area contributed by atoms with Crippen molar-refractivity contribution >= 4 is 31.9 Å². The van der Waals surface area contributed by atoms with Crippen LogP contribution in [0.2, 0.25) is 0 Å². The Morgan fingerprint density at radius 1 is 1.33 bits per heavy atom. The van der Waals surface area contributed by atoms with Gasteiger partial charge in [0.25, 0.3) is 0 Å². The lowest BCUT2D eigenvalue weighted by Crippen LogP contribution is -2.37. The van der Waals surface area contributed by atoms with E-state index in [1.54, 1.807) is 0 Å². The molecule has 0 aliphatic heterocycles. The Bertz CT molecular complexity index is 659. The van der Waals surface area contributed by atoms with Gasteiger partial charge in [0.2, 0.25) is 10.0 Å². The summed E-state index contributed by atoms with van der Waals surface area (Å²) in [7, 11) is -3.71. The lowest BCUT2D eigenvalue weighted by Gasteiger charge is -2.19. The highest BCUT2D eigenvalue weighted by Crippen LogP contribution is 2.32. The molecule has 2 rings (SSSR count). The third-order valence-corrected chi connectivity index (χ3v) is 6.43. The quantitative estimate of drug-likeness (QED) is 0.847. The number of carbonyl (C=O) groups is 1. The third-order valence-electron chi connectivity index (χ3n) is 4.25. The molecule has 1 aliphatic carbocycles. The molecular weight excluding hydrogens is 358 g/mol. The summed E-state index contributed by atoms with van der Waals surface area (Å²) in [5.41, 5.74) is -0.0642. The molecule has 1 aromatic rings. The van der Waals surface area contributed by atoms with E-state index in [1.165, 1.54) is 18.2 Å². The molecule has 0 saturated heterocycles. The smallest absolute Gasteiger partial charge is 0.336 e. The minimum Gasteiger partial charge on any atom is -0.478 e. The molecule has 0 amide bonds. The van der Waals surface area contributed by atoms with Gasteiger partial charge in [0.15, 0.2) is 0 Å². The molecule has 1 fully saturated rings. The maximum atomic E-state index is 12.4. The van der Waals surface area contributed by atoms with Crippen LogP contribution < -0.4 is 4.72 Å². The molecule has 0 spiro atoms. The fourth-order valence-electron chi connectivity index (χ4n) is 2.63.